The van der Waals surface area contributed by atoms with Crippen molar-refractivity contribution < 1.29 is 14.3 Å². The molecule has 1 atom stereocenters. The fourth-order valence-corrected chi connectivity index (χ4v) is 5.11. The van der Waals surface area contributed by atoms with Crippen molar-refractivity contribution in [3.63, 3.8) is 0 Å². The molecule has 0 aromatic carbocycles. The Morgan fingerprint density at radius 1 is 1.16 bits per heavy atom. The summed E-state index contributed by atoms with van der Waals surface area (Å²) >= 11 is 0. The quantitative estimate of drug-likeness (QED) is 0.790. The molecule has 4 heteroatoms. The number of primary amides is 1. The summed E-state index contributed by atoms with van der Waals surface area (Å²) in [6.07, 6.45) is 7.32. The third-order valence-electron chi connectivity index (χ3n) is 5.39. The molecule has 2 N–H and O–H groups in total. The zero-order valence-electron chi connectivity index (χ0n) is 11.6. The average Bonchev–Trinajstić information content (AvgIpc) is 2.25. The van der Waals surface area contributed by atoms with Gasteiger partial charge in [0.05, 0.1) is 6.42 Å². The first kappa shape index (κ1) is 12.9. The lowest BCUT2D eigenvalue weighted by atomic mass is 9.49. The summed E-state index contributed by atoms with van der Waals surface area (Å²) in [6, 6.07) is 0. The number of nitrogens with two attached hydrogens (primary N) is 1. The van der Waals surface area contributed by atoms with Crippen LogP contribution in [0.3, 0.4) is 0 Å². The van der Waals surface area contributed by atoms with Gasteiger partial charge in [0.2, 0.25) is 0 Å². The summed E-state index contributed by atoms with van der Waals surface area (Å²) in [7, 11) is 0. The van der Waals surface area contributed by atoms with Crippen molar-refractivity contribution in [3.05, 3.63) is 0 Å². The van der Waals surface area contributed by atoms with Gasteiger partial charge in [0.1, 0.15) is 0 Å². The minimum atomic E-state index is -0.804. The molecule has 4 nitrogen and oxygen atoms in total. The van der Waals surface area contributed by atoms with Crippen molar-refractivity contribution >= 4 is 11.9 Å². The Morgan fingerprint density at radius 2 is 1.63 bits per heavy atom. The summed E-state index contributed by atoms with van der Waals surface area (Å²) in [4.78, 5) is 23.0. The lowest BCUT2D eigenvalue weighted by molar-refractivity contribution is -0.160. The fraction of sp³-hybridized carbons (Fsp3) is 0.867. The Kier molecular flexibility index (Phi) is 3.06. The molecule has 0 unspecified atom stereocenters. The van der Waals surface area contributed by atoms with Crippen LogP contribution in [-0.4, -0.2) is 18.0 Å². The first-order valence-corrected chi connectivity index (χ1v) is 7.44. The zero-order valence-corrected chi connectivity index (χ0v) is 11.6. The number of ether oxygens (including phenoxy) is 1. The van der Waals surface area contributed by atoms with E-state index in [0.717, 1.165) is 17.8 Å². The number of amides is 1. The molecule has 4 bridgehead atoms. The van der Waals surface area contributed by atoms with Crippen LogP contribution < -0.4 is 5.73 Å². The molecular formula is C15H23NO3. The molecule has 106 valence electrons. The van der Waals surface area contributed by atoms with Gasteiger partial charge >= 0.3 is 5.97 Å². The maximum Gasteiger partial charge on any atom is 0.307 e. The third-order valence-corrected chi connectivity index (χ3v) is 5.39. The van der Waals surface area contributed by atoms with E-state index in [2.05, 4.69) is 0 Å². The second-order valence-electron chi connectivity index (χ2n) is 7.13. The van der Waals surface area contributed by atoms with Crippen molar-refractivity contribution in [2.75, 3.05) is 0 Å². The summed E-state index contributed by atoms with van der Waals surface area (Å²) in [5.41, 5.74) is 5.30. The monoisotopic (exact) mass is 265 g/mol. The average molecular weight is 265 g/mol. The van der Waals surface area contributed by atoms with Crippen molar-refractivity contribution in [1.82, 2.24) is 0 Å². The van der Waals surface area contributed by atoms with Gasteiger partial charge in [0.15, 0.2) is 6.10 Å². The van der Waals surface area contributed by atoms with Crippen molar-refractivity contribution in [1.29, 1.82) is 0 Å². The van der Waals surface area contributed by atoms with Gasteiger partial charge in [-0.05, 0) is 68.6 Å². The molecule has 4 saturated carbocycles. The molecule has 0 heterocycles. The van der Waals surface area contributed by atoms with E-state index in [4.69, 9.17) is 10.5 Å². The molecule has 4 aliphatic carbocycles. The maximum absolute atomic E-state index is 12.0. The highest BCUT2D eigenvalue weighted by Crippen LogP contribution is 2.61. The maximum atomic E-state index is 12.0. The zero-order chi connectivity index (χ0) is 13.6. The first-order valence-electron chi connectivity index (χ1n) is 7.44. The van der Waals surface area contributed by atoms with E-state index in [1.165, 1.54) is 38.5 Å². The Hall–Kier alpha value is -1.06. The van der Waals surface area contributed by atoms with Crippen molar-refractivity contribution in [2.24, 2.45) is 28.9 Å². The highest BCUT2D eigenvalue weighted by Gasteiger charge is 2.51. The SMILES string of the molecule is C[C@@H](OC(=O)CC12CC3CC(CC(C3)C1)C2)C(N)=O. The van der Waals surface area contributed by atoms with Crippen LogP contribution in [0.4, 0.5) is 0 Å². The van der Waals surface area contributed by atoms with E-state index < -0.39 is 12.0 Å². The molecule has 4 fully saturated rings. The van der Waals surface area contributed by atoms with Gasteiger partial charge in [-0.1, -0.05) is 0 Å². The topological polar surface area (TPSA) is 69.4 Å². The predicted molar refractivity (Wildman–Crippen MR) is 70.0 cm³/mol. The van der Waals surface area contributed by atoms with Crippen LogP contribution in [0.1, 0.15) is 51.9 Å². The molecule has 1 amide bonds. The molecular weight excluding hydrogens is 242 g/mol. The van der Waals surface area contributed by atoms with Crippen LogP contribution in [0, 0.1) is 23.2 Å². The minimum absolute atomic E-state index is 0.170. The molecule has 4 rings (SSSR count). The van der Waals surface area contributed by atoms with Gasteiger partial charge in [0, 0.05) is 0 Å². The summed E-state index contributed by atoms with van der Waals surface area (Å²) in [6.45, 7) is 1.54. The lowest BCUT2D eigenvalue weighted by Crippen LogP contribution is -2.47. The van der Waals surface area contributed by atoms with E-state index in [9.17, 15) is 9.59 Å². The van der Waals surface area contributed by atoms with Crippen LogP contribution >= 0.6 is 0 Å². The molecule has 0 spiro atoms. The number of rotatable bonds is 4. The van der Waals surface area contributed by atoms with Crippen LogP contribution in [0.15, 0.2) is 0 Å². The Labute approximate surface area is 114 Å². The van der Waals surface area contributed by atoms with Gasteiger partial charge in [-0.3, -0.25) is 9.59 Å². The smallest absolute Gasteiger partial charge is 0.307 e. The van der Waals surface area contributed by atoms with Crippen LogP contribution in [0.5, 0.6) is 0 Å². The van der Waals surface area contributed by atoms with E-state index in [-0.39, 0.29) is 11.4 Å². The summed E-state index contributed by atoms with van der Waals surface area (Å²) < 4.78 is 5.14. The van der Waals surface area contributed by atoms with E-state index >= 15 is 0 Å². The second-order valence-corrected chi connectivity index (χ2v) is 7.13. The summed E-state index contributed by atoms with van der Waals surface area (Å²) in [5.74, 6) is 1.67. The van der Waals surface area contributed by atoms with E-state index in [0.29, 0.717) is 6.42 Å². The van der Waals surface area contributed by atoms with Gasteiger partial charge in [-0.2, -0.15) is 0 Å². The van der Waals surface area contributed by atoms with E-state index in [1.54, 1.807) is 6.92 Å². The number of esters is 1. The Bertz CT molecular complexity index is 369. The van der Waals surface area contributed by atoms with Crippen molar-refractivity contribution in [2.45, 2.75) is 58.0 Å². The number of carbonyl (C=O) groups excluding carboxylic acids is 2. The predicted octanol–water partition coefficient (Wildman–Crippen LogP) is 2.01. The molecule has 0 aromatic rings. The molecule has 0 radical (unpaired) electrons. The standard InChI is InChI=1S/C15H23NO3/c1-9(14(16)18)19-13(17)8-15-5-10-2-11(6-15)4-12(3-10)7-15/h9-12H,2-8H2,1H3,(H2,16,18)/t9-,10?,11?,12?,15?/m1/s1. The minimum Gasteiger partial charge on any atom is -0.453 e. The lowest BCUT2D eigenvalue weighted by Gasteiger charge is -2.56. The number of hydrogen-bond acceptors (Lipinski definition) is 3. The van der Waals surface area contributed by atoms with Gasteiger partial charge in [-0.25, -0.2) is 0 Å². The number of carbonyl (C=O) groups is 2. The second kappa shape index (κ2) is 4.50. The number of hydrogen-bond donors (Lipinski definition) is 1. The molecule has 4 aliphatic rings. The normalized spacial score (nSPS) is 41.0. The van der Waals surface area contributed by atoms with Crippen molar-refractivity contribution in [3.8, 4) is 0 Å². The first-order chi connectivity index (χ1) is 8.96. The van der Waals surface area contributed by atoms with Gasteiger partial charge in [-0.15, -0.1) is 0 Å². The molecule has 0 aromatic heterocycles. The Morgan fingerprint density at radius 3 is 2.05 bits per heavy atom. The van der Waals surface area contributed by atoms with Crippen LogP contribution in [0.2, 0.25) is 0 Å². The van der Waals surface area contributed by atoms with Gasteiger partial charge < -0.3 is 10.5 Å². The Balaban J connectivity index is 1.63. The van der Waals surface area contributed by atoms with E-state index in [1.807, 2.05) is 0 Å². The molecule has 19 heavy (non-hydrogen) atoms. The largest absolute Gasteiger partial charge is 0.453 e. The summed E-state index contributed by atoms with van der Waals surface area (Å²) in [5, 5.41) is 0. The van der Waals surface area contributed by atoms with Crippen LogP contribution in [0.25, 0.3) is 0 Å². The third kappa shape index (κ3) is 2.49. The molecule has 0 aliphatic heterocycles. The molecule has 0 saturated heterocycles. The van der Waals surface area contributed by atoms with Crippen LogP contribution in [-0.2, 0) is 14.3 Å². The highest BCUT2D eigenvalue weighted by molar-refractivity contribution is 5.82. The highest BCUT2D eigenvalue weighted by atomic mass is 16.5. The van der Waals surface area contributed by atoms with Gasteiger partial charge in [0.25, 0.3) is 5.91 Å². The fourth-order valence-electron chi connectivity index (χ4n) is 5.11.